The molecule has 0 aliphatic carbocycles. The van der Waals surface area contributed by atoms with Gasteiger partial charge >= 0.3 is 12.4 Å². The van der Waals surface area contributed by atoms with E-state index in [2.05, 4.69) is 5.10 Å². The van der Waals surface area contributed by atoms with E-state index in [9.17, 15) is 26.3 Å². The second-order valence-electron chi connectivity index (χ2n) is 6.26. The van der Waals surface area contributed by atoms with Gasteiger partial charge in [0.15, 0.2) is 5.69 Å². The normalized spacial score (nSPS) is 18.4. The van der Waals surface area contributed by atoms with Crippen molar-refractivity contribution in [2.45, 2.75) is 31.2 Å². The van der Waals surface area contributed by atoms with E-state index in [4.69, 9.17) is 5.26 Å². The molecular formula is C17H14F6N4. The predicted octanol–water partition coefficient (Wildman–Crippen LogP) is 4.63. The van der Waals surface area contributed by atoms with Gasteiger partial charge < -0.3 is 4.90 Å². The van der Waals surface area contributed by atoms with Gasteiger partial charge in [-0.2, -0.15) is 36.7 Å². The molecular weight excluding hydrogens is 374 g/mol. The van der Waals surface area contributed by atoms with Crippen LogP contribution >= 0.6 is 0 Å². The van der Waals surface area contributed by atoms with Crippen molar-refractivity contribution in [2.24, 2.45) is 0 Å². The van der Waals surface area contributed by atoms with Crippen molar-refractivity contribution in [2.75, 3.05) is 18.0 Å². The minimum Gasteiger partial charge on any atom is -0.369 e. The van der Waals surface area contributed by atoms with Gasteiger partial charge in [-0.3, -0.25) is 4.68 Å². The molecule has 3 rings (SSSR count). The molecule has 0 spiro atoms. The number of nitriles is 1. The van der Waals surface area contributed by atoms with Crippen LogP contribution < -0.4 is 4.90 Å². The van der Waals surface area contributed by atoms with E-state index >= 15 is 0 Å². The minimum absolute atomic E-state index is 0.0885. The number of nitrogens with zero attached hydrogens (tertiary/aromatic N) is 4. The summed E-state index contributed by atoms with van der Waals surface area (Å²) in [5, 5.41) is 12.4. The Bertz CT molecular complexity index is 862. The van der Waals surface area contributed by atoms with Crippen LogP contribution in [0.15, 0.2) is 30.5 Å². The molecule has 0 radical (unpaired) electrons. The molecule has 2 aromatic rings. The first kappa shape index (κ1) is 19.1. The Morgan fingerprint density at radius 3 is 2.41 bits per heavy atom. The third-order valence-corrected chi connectivity index (χ3v) is 4.44. The minimum atomic E-state index is -4.65. The zero-order valence-electron chi connectivity index (χ0n) is 13.8. The smallest absolute Gasteiger partial charge is 0.369 e. The summed E-state index contributed by atoms with van der Waals surface area (Å²) in [6, 6.07) is 5.36. The predicted molar refractivity (Wildman–Crippen MR) is 83.9 cm³/mol. The van der Waals surface area contributed by atoms with Crippen LogP contribution in [0.5, 0.6) is 0 Å². The van der Waals surface area contributed by atoms with E-state index in [0.29, 0.717) is 19.4 Å². The molecule has 1 aliphatic heterocycles. The van der Waals surface area contributed by atoms with E-state index in [-0.39, 0.29) is 17.8 Å². The van der Waals surface area contributed by atoms with E-state index in [1.165, 1.54) is 23.2 Å². The van der Waals surface area contributed by atoms with Crippen LogP contribution in [0.3, 0.4) is 0 Å². The summed E-state index contributed by atoms with van der Waals surface area (Å²) in [6.45, 7) is 0.423. The molecule has 2 heterocycles. The van der Waals surface area contributed by atoms with E-state index in [1.807, 2.05) is 0 Å². The molecule has 1 unspecified atom stereocenters. The number of hydrogen-bond acceptors (Lipinski definition) is 3. The first-order valence-electron chi connectivity index (χ1n) is 8.08. The molecule has 1 aliphatic rings. The number of rotatable bonds is 2. The lowest BCUT2D eigenvalue weighted by Crippen LogP contribution is -2.38. The number of piperidine rings is 1. The van der Waals surface area contributed by atoms with E-state index < -0.39 is 29.7 Å². The molecule has 1 aromatic heterocycles. The summed E-state index contributed by atoms with van der Waals surface area (Å²) >= 11 is 0. The average Bonchev–Trinajstić information content (AvgIpc) is 3.11. The topological polar surface area (TPSA) is 44.9 Å². The van der Waals surface area contributed by atoms with Crippen molar-refractivity contribution < 1.29 is 26.3 Å². The highest BCUT2D eigenvalue weighted by atomic mass is 19.4. The van der Waals surface area contributed by atoms with Gasteiger partial charge in [0, 0.05) is 25.0 Å². The number of alkyl halides is 6. The number of anilines is 1. The highest BCUT2D eigenvalue weighted by Gasteiger charge is 2.37. The third kappa shape index (κ3) is 4.02. The maximum absolute atomic E-state index is 13.4. The van der Waals surface area contributed by atoms with Gasteiger partial charge in [-0.15, -0.1) is 0 Å². The molecule has 0 N–H and O–H groups in total. The maximum atomic E-state index is 13.4. The van der Waals surface area contributed by atoms with Crippen molar-refractivity contribution in [3.05, 3.63) is 47.3 Å². The first-order valence-corrected chi connectivity index (χ1v) is 8.08. The average molecular weight is 388 g/mol. The fraction of sp³-hybridized carbons (Fsp3) is 0.412. The zero-order valence-corrected chi connectivity index (χ0v) is 13.8. The third-order valence-electron chi connectivity index (χ3n) is 4.44. The Morgan fingerprint density at radius 1 is 1.07 bits per heavy atom. The highest BCUT2D eigenvalue weighted by Crippen LogP contribution is 2.39. The van der Waals surface area contributed by atoms with Gasteiger partial charge in [0.25, 0.3) is 0 Å². The standard InChI is InChI=1S/C17H14F6N4/c18-16(19,20)13-8-11(9-24)3-4-14(13)26-6-1-2-12(10-26)27-7-5-15(25-27)17(21,22)23/h3-5,7-8,12H,1-2,6,10H2. The van der Waals surface area contributed by atoms with Gasteiger partial charge in [0.05, 0.1) is 23.2 Å². The number of hydrogen-bond donors (Lipinski definition) is 0. The van der Waals surface area contributed by atoms with Crippen LogP contribution in [-0.4, -0.2) is 22.9 Å². The Hall–Kier alpha value is -2.70. The van der Waals surface area contributed by atoms with Crippen molar-refractivity contribution >= 4 is 5.69 Å². The summed E-state index contributed by atoms with van der Waals surface area (Å²) < 4.78 is 79.5. The molecule has 0 amide bonds. The van der Waals surface area contributed by atoms with Crippen molar-refractivity contribution in [1.82, 2.24) is 9.78 Å². The number of halogens is 6. The van der Waals surface area contributed by atoms with Crippen molar-refractivity contribution in [3.63, 3.8) is 0 Å². The molecule has 27 heavy (non-hydrogen) atoms. The van der Waals surface area contributed by atoms with Crippen molar-refractivity contribution in [3.8, 4) is 6.07 Å². The maximum Gasteiger partial charge on any atom is 0.435 e. The lowest BCUT2D eigenvalue weighted by Gasteiger charge is -2.36. The summed E-state index contributed by atoms with van der Waals surface area (Å²) in [4.78, 5) is 1.48. The Morgan fingerprint density at radius 2 is 1.81 bits per heavy atom. The van der Waals surface area contributed by atoms with E-state index in [0.717, 1.165) is 16.8 Å². The zero-order chi connectivity index (χ0) is 19.8. The number of aromatic nitrogens is 2. The first-order chi connectivity index (χ1) is 12.6. The molecule has 0 saturated carbocycles. The van der Waals surface area contributed by atoms with Crippen LogP contribution in [0.4, 0.5) is 32.0 Å². The largest absolute Gasteiger partial charge is 0.435 e. The molecule has 1 saturated heterocycles. The second kappa shape index (κ2) is 6.79. The van der Waals surface area contributed by atoms with Crippen LogP contribution in [-0.2, 0) is 12.4 Å². The lowest BCUT2D eigenvalue weighted by molar-refractivity contribution is -0.141. The Balaban J connectivity index is 1.89. The summed E-state index contributed by atoms with van der Waals surface area (Å²) in [7, 11) is 0. The Kier molecular flexibility index (Phi) is 4.80. The molecule has 4 nitrogen and oxygen atoms in total. The SMILES string of the molecule is N#Cc1ccc(N2CCCC(n3ccc(C(F)(F)F)n3)C2)c(C(F)(F)F)c1. The van der Waals surface area contributed by atoms with Crippen LogP contribution in [0, 0.1) is 11.3 Å². The Labute approximate surface area is 150 Å². The molecule has 1 atom stereocenters. The second-order valence-corrected chi connectivity index (χ2v) is 6.26. The monoisotopic (exact) mass is 388 g/mol. The highest BCUT2D eigenvalue weighted by molar-refractivity contribution is 5.58. The summed E-state index contributed by atoms with van der Waals surface area (Å²) in [5.41, 5.74) is -2.16. The molecule has 10 heteroatoms. The lowest BCUT2D eigenvalue weighted by atomic mass is 10.0. The van der Waals surface area contributed by atoms with Gasteiger partial charge in [0.1, 0.15) is 0 Å². The molecule has 144 valence electrons. The van der Waals surface area contributed by atoms with E-state index in [1.54, 1.807) is 6.07 Å². The van der Waals surface area contributed by atoms with Crippen LogP contribution in [0.1, 0.15) is 35.7 Å². The van der Waals surface area contributed by atoms with Gasteiger partial charge in [-0.25, -0.2) is 0 Å². The summed E-state index contributed by atoms with van der Waals surface area (Å²) in [6.07, 6.45) is -7.02. The summed E-state index contributed by atoms with van der Waals surface area (Å²) in [5.74, 6) is 0. The molecule has 0 bridgehead atoms. The number of benzene rings is 1. The van der Waals surface area contributed by atoms with Crippen molar-refractivity contribution in [1.29, 1.82) is 5.26 Å². The molecule has 1 fully saturated rings. The van der Waals surface area contributed by atoms with Gasteiger partial charge in [-0.1, -0.05) is 0 Å². The van der Waals surface area contributed by atoms with Gasteiger partial charge in [0.2, 0.25) is 0 Å². The quantitative estimate of drug-likeness (QED) is 0.705. The van der Waals surface area contributed by atoms with Crippen LogP contribution in [0.25, 0.3) is 0 Å². The molecule has 1 aromatic carbocycles. The fourth-order valence-corrected chi connectivity index (χ4v) is 3.19. The van der Waals surface area contributed by atoms with Crippen LogP contribution in [0.2, 0.25) is 0 Å². The fourth-order valence-electron chi connectivity index (χ4n) is 3.19. The van der Waals surface area contributed by atoms with Gasteiger partial charge in [-0.05, 0) is 37.1 Å².